The summed E-state index contributed by atoms with van der Waals surface area (Å²) in [6, 6.07) is 0.120. The fourth-order valence-corrected chi connectivity index (χ4v) is 2.58. The molecule has 1 aliphatic heterocycles. The fraction of sp³-hybridized carbons (Fsp3) is 0.923. The number of aliphatic hydroxyl groups is 1. The summed E-state index contributed by atoms with van der Waals surface area (Å²) in [5.41, 5.74) is -0.181. The fourth-order valence-electron chi connectivity index (χ4n) is 2.58. The standard InChI is InChI=1S/C13H23NO3/c1-13(2)10(8-11(13)15)14-12(16)6-5-9-4-3-7-17-9/h9-11,15H,3-8H2,1-2H3,(H,14,16). The lowest BCUT2D eigenvalue weighted by molar-refractivity contribution is -0.129. The predicted octanol–water partition coefficient (Wildman–Crippen LogP) is 1.22. The van der Waals surface area contributed by atoms with Gasteiger partial charge in [-0.15, -0.1) is 0 Å². The summed E-state index contributed by atoms with van der Waals surface area (Å²) >= 11 is 0. The van der Waals surface area contributed by atoms with Crippen LogP contribution in [0.5, 0.6) is 0 Å². The number of carbonyl (C=O) groups excluding carboxylic acids is 1. The van der Waals surface area contributed by atoms with Crippen LogP contribution in [-0.4, -0.2) is 35.9 Å². The third-order valence-electron chi connectivity index (χ3n) is 4.27. The third-order valence-corrected chi connectivity index (χ3v) is 4.27. The average Bonchev–Trinajstić information content (AvgIpc) is 2.79. The Labute approximate surface area is 103 Å². The van der Waals surface area contributed by atoms with Crippen LogP contribution in [-0.2, 0) is 9.53 Å². The highest BCUT2D eigenvalue weighted by Crippen LogP contribution is 2.40. The minimum Gasteiger partial charge on any atom is -0.392 e. The summed E-state index contributed by atoms with van der Waals surface area (Å²) in [5.74, 6) is 0.0884. The van der Waals surface area contributed by atoms with Gasteiger partial charge in [-0.25, -0.2) is 0 Å². The van der Waals surface area contributed by atoms with Gasteiger partial charge < -0.3 is 15.2 Å². The minimum absolute atomic E-state index is 0.0884. The molecular weight excluding hydrogens is 218 g/mol. The molecule has 0 aromatic carbocycles. The van der Waals surface area contributed by atoms with Crippen LogP contribution in [0, 0.1) is 5.41 Å². The largest absolute Gasteiger partial charge is 0.392 e. The van der Waals surface area contributed by atoms with E-state index in [0.29, 0.717) is 12.8 Å². The molecule has 0 spiro atoms. The molecule has 98 valence electrons. The van der Waals surface area contributed by atoms with Crippen LogP contribution in [0.2, 0.25) is 0 Å². The SMILES string of the molecule is CC1(C)C(O)CC1NC(=O)CCC1CCCO1. The highest BCUT2D eigenvalue weighted by Gasteiger charge is 2.47. The summed E-state index contributed by atoms with van der Waals surface area (Å²) in [7, 11) is 0. The van der Waals surface area contributed by atoms with Crippen LogP contribution in [0.3, 0.4) is 0 Å². The van der Waals surface area contributed by atoms with Gasteiger partial charge in [0.25, 0.3) is 0 Å². The summed E-state index contributed by atoms with van der Waals surface area (Å²) in [6.07, 6.45) is 4.23. The molecule has 1 heterocycles. The first-order valence-corrected chi connectivity index (χ1v) is 6.59. The van der Waals surface area contributed by atoms with Gasteiger partial charge in [0.2, 0.25) is 5.91 Å². The first-order valence-electron chi connectivity index (χ1n) is 6.59. The number of hydrogen-bond acceptors (Lipinski definition) is 3. The zero-order valence-electron chi connectivity index (χ0n) is 10.7. The first-order chi connectivity index (χ1) is 8.00. The molecule has 3 unspecified atom stereocenters. The Morgan fingerprint density at radius 2 is 2.29 bits per heavy atom. The van der Waals surface area contributed by atoms with Gasteiger partial charge >= 0.3 is 0 Å². The number of amides is 1. The Balaban J connectivity index is 1.67. The molecule has 2 N–H and O–H groups in total. The number of carbonyl (C=O) groups is 1. The highest BCUT2D eigenvalue weighted by atomic mass is 16.5. The average molecular weight is 241 g/mol. The van der Waals surface area contributed by atoms with Crippen LogP contribution in [0.4, 0.5) is 0 Å². The summed E-state index contributed by atoms with van der Waals surface area (Å²) in [4.78, 5) is 11.7. The van der Waals surface area contributed by atoms with E-state index < -0.39 is 0 Å². The van der Waals surface area contributed by atoms with Crippen molar-refractivity contribution in [2.24, 2.45) is 5.41 Å². The van der Waals surface area contributed by atoms with E-state index in [9.17, 15) is 9.90 Å². The maximum atomic E-state index is 11.7. The molecular formula is C13H23NO3. The van der Waals surface area contributed by atoms with E-state index in [1.54, 1.807) is 0 Å². The van der Waals surface area contributed by atoms with E-state index >= 15 is 0 Å². The molecule has 3 atom stereocenters. The van der Waals surface area contributed by atoms with Crippen molar-refractivity contribution >= 4 is 5.91 Å². The van der Waals surface area contributed by atoms with E-state index in [1.807, 2.05) is 13.8 Å². The lowest BCUT2D eigenvalue weighted by atomic mass is 9.64. The van der Waals surface area contributed by atoms with E-state index in [0.717, 1.165) is 25.9 Å². The van der Waals surface area contributed by atoms with Crippen molar-refractivity contribution in [2.45, 2.75) is 64.2 Å². The Kier molecular flexibility index (Phi) is 3.73. The summed E-state index contributed by atoms with van der Waals surface area (Å²) in [5, 5.41) is 12.6. The second-order valence-corrected chi connectivity index (χ2v) is 5.87. The number of hydrogen-bond donors (Lipinski definition) is 2. The van der Waals surface area contributed by atoms with Crippen molar-refractivity contribution in [1.29, 1.82) is 0 Å². The topological polar surface area (TPSA) is 58.6 Å². The van der Waals surface area contributed by atoms with Crippen molar-refractivity contribution in [2.75, 3.05) is 6.61 Å². The lowest BCUT2D eigenvalue weighted by Gasteiger charge is -2.49. The smallest absolute Gasteiger partial charge is 0.220 e. The lowest BCUT2D eigenvalue weighted by Crippen LogP contribution is -2.61. The van der Waals surface area contributed by atoms with Gasteiger partial charge in [-0.3, -0.25) is 4.79 Å². The van der Waals surface area contributed by atoms with Gasteiger partial charge in [-0.2, -0.15) is 0 Å². The van der Waals surface area contributed by atoms with Crippen LogP contribution < -0.4 is 5.32 Å². The van der Waals surface area contributed by atoms with Crippen LogP contribution in [0.25, 0.3) is 0 Å². The molecule has 0 aromatic heterocycles. The molecule has 2 fully saturated rings. The minimum atomic E-state index is -0.286. The second-order valence-electron chi connectivity index (χ2n) is 5.87. The molecule has 1 aliphatic carbocycles. The van der Waals surface area contributed by atoms with Gasteiger partial charge in [0.1, 0.15) is 0 Å². The number of aliphatic hydroxyl groups excluding tert-OH is 1. The molecule has 4 nitrogen and oxygen atoms in total. The van der Waals surface area contributed by atoms with Crippen LogP contribution in [0.1, 0.15) is 46.0 Å². The predicted molar refractivity (Wildman–Crippen MR) is 64.5 cm³/mol. The normalized spacial score (nSPS) is 35.4. The molecule has 0 bridgehead atoms. The number of rotatable bonds is 4. The van der Waals surface area contributed by atoms with Gasteiger partial charge in [0.15, 0.2) is 0 Å². The summed E-state index contributed by atoms with van der Waals surface area (Å²) in [6.45, 7) is 4.83. The van der Waals surface area contributed by atoms with E-state index in [1.165, 1.54) is 0 Å². The first kappa shape index (κ1) is 12.8. The van der Waals surface area contributed by atoms with Crippen molar-refractivity contribution in [3.05, 3.63) is 0 Å². The Bertz CT molecular complexity index is 284. The van der Waals surface area contributed by atoms with E-state index in [4.69, 9.17) is 4.74 Å². The monoisotopic (exact) mass is 241 g/mol. The van der Waals surface area contributed by atoms with Crippen LogP contribution >= 0.6 is 0 Å². The van der Waals surface area contributed by atoms with Crippen molar-refractivity contribution in [3.63, 3.8) is 0 Å². The quantitative estimate of drug-likeness (QED) is 0.778. The summed E-state index contributed by atoms with van der Waals surface area (Å²) < 4.78 is 5.49. The third kappa shape index (κ3) is 2.80. The van der Waals surface area contributed by atoms with Crippen LogP contribution in [0.15, 0.2) is 0 Å². The maximum Gasteiger partial charge on any atom is 0.220 e. The van der Waals surface area contributed by atoms with Gasteiger partial charge in [-0.05, 0) is 25.7 Å². The second kappa shape index (κ2) is 4.94. The molecule has 1 saturated heterocycles. The molecule has 0 radical (unpaired) electrons. The zero-order chi connectivity index (χ0) is 12.5. The zero-order valence-corrected chi connectivity index (χ0v) is 10.7. The Hall–Kier alpha value is -0.610. The van der Waals surface area contributed by atoms with Gasteiger partial charge in [0, 0.05) is 24.5 Å². The van der Waals surface area contributed by atoms with Crippen molar-refractivity contribution < 1.29 is 14.6 Å². The molecule has 1 saturated carbocycles. The van der Waals surface area contributed by atoms with Crippen molar-refractivity contribution in [1.82, 2.24) is 5.32 Å². The number of nitrogens with one attached hydrogen (secondary N) is 1. The maximum absolute atomic E-state index is 11.7. The van der Waals surface area contributed by atoms with Gasteiger partial charge in [-0.1, -0.05) is 13.8 Å². The molecule has 4 heteroatoms. The molecule has 2 aliphatic rings. The molecule has 2 rings (SSSR count). The van der Waals surface area contributed by atoms with Gasteiger partial charge in [0.05, 0.1) is 12.2 Å². The molecule has 1 amide bonds. The van der Waals surface area contributed by atoms with E-state index in [-0.39, 0.29) is 29.6 Å². The molecule has 17 heavy (non-hydrogen) atoms. The highest BCUT2D eigenvalue weighted by molar-refractivity contribution is 5.76. The Morgan fingerprint density at radius 3 is 2.82 bits per heavy atom. The molecule has 0 aromatic rings. The van der Waals surface area contributed by atoms with Crippen molar-refractivity contribution in [3.8, 4) is 0 Å². The Morgan fingerprint density at radius 1 is 1.53 bits per heavy atom. The van der Waals surface area contributed by atoms with E-state index in [2.05, 4.69) is 5.32 Å². The number of ether oxygens (including phenoxy) is 1.